The molecule has 0 aliphatic carbocycles. The van der Waals surface area contributed by atoms with E-state index in [1.807, 2.05) is 6.92 Å². The zero-order valence-electron chi connectivity index (χ0n) is 7.84. The van der Waals surface area contributed by atoms with E-state index in [2.05, 4.69) is 6.92 Å². The minimum atomic E-state index is -0.116. The van der Waals surface area contributed by atoms with Crippen molar-refractivity contribution in [3.8, 4) is 0 Å². The molecule has 11 heavy (non-hydrogen) atoms. The number of ether oxygens (including phenoxy) is 1. The van der Waals surface area contributed by atoms with Gasteiger partial charge in [-0.1, -0.05) is 13.8 Å². The summed E-state index contributed by atoms with van der Waals surface area (Å²) in [5.74, 6) is 0.571. The lowest BCUT2D eigenvalue weighted by atomic mass is 10.0. The summed E-state index contributed by atoms with van der Waals surface area (Å²) < 4.78 is 4.99. The molecule has 0 saturated heterocycles. The van der Waals surface area contributed by atoms with Crippen molar-refractivity contribution in [1.29, 1.82) is 0 Å². The molecular formula is C9H20O2. The lowest BCUT2D eigenvalue weighted by Gasteiger charge is -2.12. The first kappa shape index (κ1) is 10.9. The fourth-order valence-corrected chi connectivity index (χ4v) is 1.05. The summed E-state index contributed by atoms with van der Waals surface area (Å²) >= 11 is 0. The van der Waals surface area contributed by atoms with Crippen LogP contribution in [-0.4, -0.2) is 24.9 Å². The highest BCUT2D eigenvalue weighted by Gasteiger charge is 2.05. The number of hydrogen-bond donors (Lipinski definition) is 1. The van der Waals surface area contributed by atoms with E-state index >= 15 is 0 Å². The summed E-state index contributed by atoms with van der Waals surface area (Å²) in [6.07, 6.45) is 2.71. The molecule has 0 aromatic rings. The molecule has 0 fully saturated rings. The first-order valence-electron chi connectivity index (χ1n) is 4.37. The van der Waals surface area contributed by atoms with Crippen LogP contribution in [0.3, 0.4) is 0 Å². The van der Waals surface area contributed by atoms with Gasteiger partial charge in [0, 0.05) is 13.7 Å². The molecule has 2 nitrogen and oxygen atoms in total. The summed E-state index contributed by atoms with van der Waals surface area (Å²) in [5, 5.41) is 9.23. The third-order valence-corrected chi connectivity index (χ3v) is 1.92. The van der Waals surface area contributed by atoms with E-state index in [0.717, 1.165) is 25.9 Å². The van der Waals surface area contributed by atoms with Crippen LogP contribution in [0.15, 0.2) is 0 Å². The summed E-state index contributed by atoms with van der Waals surface area (Å²) in [6, 6.07) is 0. The van der Waals surface area contributed by atoms with E-state index in [1.54, 1.807) is 7.11 Å². The number of rotatable bonds is 6. The van der Waals surface area contributed by atoms with Gasteiger partial charge in [0.05, 0.1) is 6.10 Å². The van der Waals surface area contributed by atoms with Crippen molar-refractivity contribution >= 4 is 0 Å². The normalized spacial score (nSPS) is 16.4. The largest absolute Gasteiger partial charge is 0.393 e. The molecule has 2 heteroatoms. The smallest absolute Gasteiger partial charge is 0.0537 e. The molecule has 2 atom stereocenters. The van der Waals surface area contributed by atoms with Gasteiger partial charge in [-0.25, -0.2) is 0 Å². The Morgan fingerprint density at radius 2 is 2.00 bits per heavy atom. The first-order valence-corrected chi connectivity index (χ1v) is 4.37. The van der Waals surface area contributed by atoms with Crippen molar-refractivity contribution < 1.29 is 9.84 Å². The lowest BCUT2D eigenvalue weighted by Crippen LogP contribution is -2.10. The molecular weight excluding hydrogens is 140 g/mol. The molecule has 1 N–H and O–H groups in total. The molecule has 0 saturated carbocycles. The van der Waals surface area contributed by atoms with Gasteiger partial charge in [-0.2, -0.15) is 0 Å². The van der Waals surface area contributed by atoms with Crippen LogP contribution in [-0.2, 0) is 4.74 Å². The Morgan fingerprint density at radius 1 is 1.36 bits per heavy atom. The molecule has 2 unspecified atom stereocenters. The van der Waals surface area contributed by atoms with Crippen LogP contribution in [0.4, 0.5) is 0 Å². The molecule has 0 aliphatic heterocycles. The van der Waals surface area contributed by atoms with Gasteiger partial charge in [0.25, 0.3) is 0 Å². The second kappa shape index (κ2) is 6.62. The second-order valence-corrected chi connectivity index (χ2v) is 3.20. The van der Waals surface area contributed by atoms with Crippen LogP contribution < -0.4 is 0 Å². The highest BCUT2D eigenvalue weighted by molar-refractivity contribution is 4.57. The Bertz CT molecular complexity index is 83.6. The molecule has 0 radical (unpaired) electrons. The van der Waals surface area contributed by atoms with Gasteiger partial charge in [-0.05, 0) is 25.2 Å². The highest BCUT2D eigenvalue weighted by Crippen LogP contribution is 2.09. The molecule has 0 aliphatic rings. The van der Waals surface area contributed by atoms with E-state index in [0.29, 0.717) is 5.92 Å². The van der Waals surface area contributed by atoms with E-state index < -0.39 is 0 Å². The molecule has 0 rings (SSSR count). The van der Waals surface area contributed by atoms with Crippen LogP contribution >= 0.6 is 0 Å². The van der Waals surface area contributed by atoms with Crippen LogP contribution in [0.5, 0.6) is 0 Å². The van der Waals surface area contributed by atoms with E-state index in [-0.39, 0.29) is 6.10 Å². The maximum atomic E-state index is 9.23. The van der Waals surface area contributed by atoms with Crippen LogP contribution in [0, 0.1) is 5.92 Å². The van der Waals surface area contributed by atoms with Crippen molar-refractivity contribution in [3.63, 3.8) is 0 Å². The molecule has 0 aromatic heterocycles. The Kier molecular flexibility index (Phi) is 6.57. The van der Waals surface area contributed by atoms with Gasteiger partial charge in [-0.15, -0.1) is 0 Å². The number of aliphatic hydroxyl groups excluding tert-OH is 1. The average molecular weight is 160 g/mol. The first-order chi connectivity index (χ1) is 5.20. The van der Waals surface area contributed by atoms with Crippen molar-refractivity contribution in [2.24, 2.45) is 5.92 Å². The number of methoxy groups -OCH3 is 1. The lowest BCUT2D eigenvalue weighted by molar-refractivity contribution is 0.124. The predicted octanol–water partition coefficient (Wildman–Crippen LogP) is 1.82. The predicted molar refractivity (Wildman–Crippen MR) is 46.6 cm³/mol. The maximum Gasteiger partial charge on any atom is 0.0537 e. The minimum absolute atomic E-state index is 0.116. The standard InChI is InChI=1S/C9H20O2/c1-4-9(10)6-5-8(2)7-11-3/h8-10H,4-7H2,1-3H3. The third-order valence-electron chi connectivity index (χ3n) is 1.92. The van der Waals surface area contributed by atoms with Gasteiger partial charge < -0.3 is 9.84 Å². The number of aliphatic hydroxyl groups is 1. The maximum absolute atomic E-state index is 9.23. The molecule has 0 amide bonds. The fourth-order valence-electron chi connectivity index (χ4n) is 1.05. The SMILES string of the molecule is CCC(O)CCC(C)COC. The van der Waals surface area contributed by atoms with Gasteiger partial charge in [0.2, 0.25) is 0 Å². The topological polar surface area (TPSA) is 29.5 Å². The van der Waals surface area contributed by atoms with Gasteiger partial charge in [0.1, 0.15) is 0 Å². The Morgan fingerprint density at radius 3 is 2.45 bits per heavy atom. The highest BCUT2D eigenvalue weighted by atomic mass is 16.5. The summed E-state index contributed by atoms with van der Waals surface area (Å²) in [5.41, 5.74) is 0. The van der Waals surface area contributed by atoms with Gasteiger partial charge >= 0.3 is 0 Å². The third kappa shape index (κ3) is 6.32. The van der Waals surface area contributed by atoms with Crippen molar-refractivity contribution in [3.05, 3.63) is 0 Å². The molecule has 0 heterocycles. The van der Waals surface area contributed by atoms with Crippen molar-refractivity contribution in [2.75, 3.05) is 13.7 Å². The van der Waals surface area contributed by atoms with Crippen molar-refractivity contribution in [2.45, 2.75) is 39.2 Å². The Hall–Kier alpha value is -0.0800. The zero-order chi connectivity index (χ0) is 8.69. The van der Waals surface area contributed by atoms with Crippen LogP contribution in [0.1, 0.15) is 33.1 Å². The van der Waals surface area contributed by atoms with Crippen molar-refractivity contribution in [1.82, 2.24) is 0 Å². The summed E-state index contributed by atoms with van der Waals surface area (Å²) in [4.78, 5) is 0. The molecule has 0 bridgehead atoms. The quantitative estimate of drug-likeness (QED) is 0.642. The van der Waals surface area contributed by atoms with Crippen LogP contribution in [0.2, 0.25) is 0 Å². The second-order valence-electron chi connectivity index (χ2n) is 3.20. The Balaban J connectivity index is 3.22. The summed E-state index contributed by atoms with van der Waals surface area (Å²) in [7, 11) is 1.72. The average Bonchev–Trinajstić information content (AvgIpc) is 2.01. The molecule has 0 aromatic carbocycles. The molecule has 68 valence electrons. The zero-order valence-corrected chi connectivity index (χ0v) is 7.84. The van der Waals surface area contributed by atoms with E-state index in [4.69, 9.17) is 4.74 Å². The molecule has 0 spiro atoms. The Labute approximate surface area is 69.6 Å². The van der Waals surface area contributed by atoms with E-state index in [1.165, 1.54) is 0 Å². The summed E-state index contributed by atoms with van der Waals surface area (Å²) in [6.45, 7) is 4.95. The number of hydrogen-bond acceptors (Lipinski definition) is 2. The van der Waals surface area contributed by atoms with Gasteiger partial charge in [0.15, 0.2) is 0 Å². The fraction of sp³-hybridized carbons (Fsp3) is 1.00. The van der Waals surface area contributed by atoms with Gasteiger partial charge in [-0.3, -0.25) is 0 Å². The monoisotopic (exact) mass is 160 g/mol. The minimum Gasteiger partial charge on any atom is -0.393 e. The van der Waals surface area contributed by atoms with E-state index in [9.17, 15) is 5.11 Å². The van der Waals surface area contributed by atoms with Crippen LogP contribution in [0.25, 0.3) is 0 Å².